The molecule has 0 saturated carbocycles. The number of hydrogen-bond donors (Lipinski definition) is 1. The van der Waals surface area contributed by atoms with Crippen molar-refractivity contribution in [3.05, 3.63) is 65.2 Å². The van der Waals surface area contributed by atoms with E-state index in [2.05, 4.69) is 0 Å². The van der Waals surface area contributed by atoms with Gasteiger partial charge in [0.05, 0.1) is 0 Å². The Bertz CT molecular complexity index is 570. The van der Waals surface area contributed by atoms with E-state index in [0.29, 0.717) is 16.9 Å². The second kappa shape index (κ2) is 5.80. The van der Waals surface area contributed by atoms with Crippen LogP contribution in [0.5, 0.6) is 5.75 Å². The predicted molar refractivity (Wildman–Crippen MR) is 69.7 cm³/mol. The van der Waals surface area contributed by atoms with E-state index < -0.39 is 11.9 Å². The van der Waals surface area contributed by atoms with E-state index in [0.717, 1.165) is 0 Å². The fourth-order valence-corrected chi connectivity index (χ4v) is 1.86. The number of ether oxygens (including phenoxy) is 1. The molecule has 1 unspecified atom stereocenters. The van der Waals surface area contributed by atoms with Crippen LogP contribution in [-0.2, 0) is 6.61 Å². The van der Waals surface area contributed by atoms with Gasteiger partial charge in [-0.25, -0.2) is 8.78 Å². The Labute approximate surface area is 110 Å². The SMILES string of the molecule is CC(N)c1c(F)cccc1OCc1ccccc1F. The molecular weight excluding hydrogens is 248 g/mol. The number of halogens is 2. The summed E-state index contributed by atoms with van der Waals surface area (Å²) < 4.78 is 32.6. The van der Waals surface area contributed by atoms with Crippen LogP contribution in [0.4, 0.5) is 8.78 Å². The van der Waals surface area contributed by atoms with Crippen molar-refractivity contribution >= 4 is 0 Å². The molecule has 0 amide bonds. The minimum Gasteiger partial charge on any atom is -0.488 e. The first-order valence-electron chi connectivity index (χ1n) is 6.00. The first kappa shape index (κ1) is 13.5. The van der Waals surface area contributed by atoms with E-state index in [4.69, 9.17) is 10.5 Å². The van der Waals surface area contributed by atoms with Crippen LogP contribution in [-0.4, -0.2) is 0 Å². The molecule has 100 valence electrons. The average Bonchev–Trinajstić information content (AvgIpc) is 2.37. The highest BCUT2D eigenvalue weighted by atomic mass is 19.1. The molecule has 2 aromatic carbocycles. The van der Waals surface area contributed by atoms with Crippen molar-refractivity contribution in [2.45, 2.75) is 19.6 Å². The maximum absolute atomic E-state index is 13.7. The molecule has 0 aliphatic heterocycles. The minimum atomic E-state index is -0.489. The predicted octanol–water partition coefficient (Wildman–Crippen LogP) is 3.56. The molecule has 4 heteroatoms. The minimum absolute atomic E-state index is 0.0375. The van der Waals surface area contributed by atoms with Gasteiger partial charge in [-0.1, -0.05) is 24.3 Å². The Kier molecular flexibility index (Phi) is 4.12. The van der Waals surface area contributed by atoms with Crippen LogP contribution < -0.4 is 10.5 Å². The number of nitrogens with two attached hydrogens (primary N) is 1. The molecule has 0 fully saturated rings. The molecule has 0 aliphatic carbocycles. The Morgan fingerprint density at radius 2 is 1.74 bits per heavy atom. The van der Waals surface area contributed by atoms with Gasteiger partial charge < -0.3 is 10.5 Å². The normalized spacial score (nSPS) is 12.2. The van der Waals surface area contributed by atoms with Crippen LogP contribution in [0.2, 0.25) is 0 Å². The first-order chi connectivity index (χ1) is 9.09. The Morgan fingerprint density at radius 1 is 1.05 bits per heavy atom. The third kappa shape index (κ3) is 3.09. The molecule has 1 atom stereocenters. The first-order valence-corrected chi connectivity index (χ1v) is 6.00. The monoisotopic (exact) mass is 263 g/mol. The molecule has 0 radical (unpaired) electrons. The van der Waals surface area contributed by atoms with Gasteiger partial charge >= 0.3 is 0 Å². The smallest absolute Gasteiger partial charge is 0.131 e. The van der Waals surface area contributed by atoms with Gasteiger partial charge in [0.1, 0.15) is 24.0 Å². The van der Waals surface area contributed by atoms with Gasteiger partial charge in [-0.3, -0.25) is 0 Å². The standard InChI is InChI=1S/C15H15F2NO/c1-10(18)15-13(17)7-4-8-14(15)19-9-11-5-2-3-6-12(11)16/h2-8,10H,9,18H2,1H3. The van der Waals surface area contributed by atoms with Crippen molar-refractivity contribution in [2.75, 3.05) is 0 Å². The van der Waals surface area contributed by atoms with E-state index in [-0.39, 0.29) is 12.4 Å². The second-order valence-corrected chi connectivity index (χ2v) is 4.32. The third-order valence-electron chi connectivity index (χ3n) is 2.81. The lowest BCUT2D eigenvalue weighted by molar-refractivity contribution is 0.293. The summed E-state index contributed by atoms with van der Waals surface area (Å²) >= 11 is 0. The van der Waals surface area contributed by atoms with Crippen LogP contribution in [0.1, 0.15) is 24.1 Å². The Balaban J connectivity index is 2.21. The molecule has 0 bridgehead atoms. The maximum atomic E-state index is 13.7. The zero-order valence-electron chi connectivity index (χ0n) is 10.6. The summed E-state index contributed by atoms with van der Waals surface area (Å²) in [5.41, 5.74) is 6.44. The fourth-order valence-electron chi connectivity index (χ4n) is 1.86. The highest BCUT2D eigenvalue weighted by Crippen LogP contribution is 2.27. The summed E-state index contributed by atoms with van der Waals surface area (Å²) in [5.74, 6) is -0.416. The second-order valence-electron chi connectivity index (χ2n) is 4.32. The Morgan fingerprint density at radius 3 is 2.42 bits per heavy atom. The summed E-state index contributed by atoms with van der Waals surface area (Å²) in [4.78, 5) is 0. The van der Waals surface area contributed by atoms with Gasteiger partial charge in [0.25, 0.3) is 0 Å². The molecule has 0 aliphatic rings. The van der Waals surface area contributed by atoms with Gasteiger partial charge in [-0.15, -0.1) is 0 Å². The topological polar surface area (TPSA) is 35.2 Å². The average molecular weight is 263 g/mol. The van der Waals surface area contributed by atoms with Crippen molar-refractivity contribution in [3.63, 3.8) is 0 Å². The number of benzene rings is 2. The quantitative estimate of drug-likeness (QED) is 0.915. The zero-order valence-corrected chi connectivity index (χ0v) is 10.6. The summed E-state index contributed by atoms with van der Waals surface area (Å²) in [6.07, 6.45) is 0. The third-order valence-corrected chi connectivity index (χ3v) is 2.81. The molecular formula is C15H15F2NO. The van der Waals surface area contributed by atoms with E-state index in [1.807, 2.05) is 0 Å². The highest BCUT2D eigenvalue weighted by Gasteiger charge is 2.14. The molecule has 2 N–H and O–H groups in total. The van der Waals surface area contributed by atoms with Gasteiger partial charge in [0, 0.05) is 17.2 Å². The van der Waals surface area contributed by atoms with Gasteiger partial charge in [-0.05, 0) is 25.1 Å². The summed E-state index contributed by atoms with van der Waals surface area (Å²) in [5, 5.41) is 0. The molecule has 0 heterocycles. The molecule has 2 rings (SSSR count). The lowest BCUT2D eigenvalue weighted by Crippen LogP contribution is -2.10. The van der Waals surface area contributed by atoms with E-state index in [9.17, 15) is 8.78 Å². The number of rotatable bonds is 4. The van der Waals surface area contributed by atoms with Crippen LogP contribution in [0.3, 0.4) is 0 Å². The molecule has 0 saturated heterocycles. The fraction of sp³-hybridized carbons (Fsp3) is 0.200. The van der Waals surface area contributed by atoms with E-state index in [1.165, 1.54) is 18.2 Å². The van der Waals surface area contributed by atoms with E-state index >= 15 is 0 Å². The lowest BCUT2D eigenvalue weighted by atomic mass is 10.1. The van der Waals surface area contributed by atoms with Crippen molar-refractivity contribution in [2.24, 2.45) is 5.73 Å². The number of hydrogen-bond acceptors (Lipinski definition) is 2. The molecule has 19 heavy (non-hydrogen) atoms. The van der Waals surface area contributed by atoms with Gasteiger partial charge in [0.2, 0.25) is 0 Å². The molecule has 0 aromatic heterocycles. The Hall–Kier alpha value is -1.94. The van der Waals surface area contributed by atoms with Crippen LogP contribution >= 0.6 is 0 Å². The molecule has 2 nitrogen and oxygen atoms in total. The van der Waals surface area contributed by atoms with Crippen LogP contribution in [0.15, 0.2) is 42.5 Å². The largest absolute Gasteiger partial charge is 0.488 e. The van der Waals surface area contributed by atoms with Crippen molar-refractivity contribution in [1.29, 1.82) is 0 Å². The van der Waals surface area contributed by atoms with Crippen molar-refractivity contribution in [1.82, 2.24) is 0 Å². The lowest BCUT2D eigenvalue weighted by Gasteiger charge is -2.15. The summed E-state index contributed by atoms with van der Waals surface area (Å²) in [6, 6.07) is 10.3. The highest BCUT2D eigenvalue weighted by molar-refractivity contribution is 5.37. The molecule has 2 aromatic rings. The maximum Gasteiger partial charge on any atom is 0.131 e. The van der Waals surface area contributed by atoms with Crippen molar-refractivity contribution in [3.8, 4) is 5.75 Å². The van der Waals surface area contributed by atoms with E-state index in [1.54, 1.807) is 31.2 Å². The molecule has 0 spiro atoms. The van der Waals surface area contributed by atoms with Crippen molar-refractivity contribution < 1.29 is 13.5 Å². The van der Waals surface area contributed by atoms with Gasteiger partial charge in [-0.2, -0.15) is 0 Å². The summed E-state index contributed by atoms with van der Waals surface area (Å²) in [6.45, 7) is 1.71. The van der Waals surface area contributed by atoms with Gasteiger partial charge in [0.15, 0.2) is 0 Å². The van der Waals surface area contributed by atoms with Crippen LogP contribution in [0.25, 0.3) is 0 Å². The zero-order chi connectivity index (χ0) is 13.8. The summed E-state index contributed by atoms with van der Waals surface area (Å²) in [7, 11) is 0. The van der Waals surface area contributed by atoms with Crippen LogP contribution in [0, 0.1) is 11.6 Å².